The lowest BCUT2D eigenvalue weighted by Gasteiger charge is -2.17. The highest BCUT2D eigenvalue weighted by Crippen LogP contribution is 2.10. The summed E-state index contributed by atoms with van der Waals surface area (Å²) in [6.07, 6.45) is 10.8. The van der Waals surface area contributed by atoms with Crippen LogP contribution in [0.25, 0.3) is 0 Å². The van der Waals surface area contributed by atoms with Crippen molar-refractivity contribution < 1.29 is 0 Å². The van der Waals surface area contributed by atoms with E-state index < -0.39 is 0 Å². The Morgan fingerprint density at radius 3 is 2.56 bits per heavy atom. The van der Waals surface area contributed by atoms with Crippen molar-refractivity contribution in [2.45, 2.75) is 52.0 Å². The molecule has 1 unspecified atom stereocenters. The zero-order chi connectivity index (χ0) is 13.2. The highest BCUT2D eigenvalue weighted by molar-refractivity contribution is 5.21. The van der Waals surface area contributed by atoms with Crippen LogP contribution in [0.15, 0.2) is 24.3 Å². The highest BCUT2D eigenvalue weighted by Gasteiger charge is 2.07. The number of rotatable bonds is 8. The van der Waals surface area contributed by atoms with Gasteiger partial charge in [-0.05, 0) is 44.7 Å². The minimum atomic E-state index is 0.558. The van der Waals surface area contributed by atoms with Crippen molar-refractivity contribution in [3.63, 3.8) is 0 Å². The van der Waals surface area contributed by atoms with Crippen LogP contribution in [0, 0.1) is 19.3 Å². The molecule has 0 fully saturated rings. The fourth-order valence-corrected chi connectivity index (χ4v) is 2.05. The Morgan fingerprint density at radius 1 is 1.22 bits per heavy atom. The first kappa shape index (κ1) is 14.8. The zero-order valence-electron chi connectivity index (χ0n) is 11.7. The van der Waals surface area contributed by atoms with E-state index in [9.17, 15) is 0 Å². The molecule has 0 saturated carbocycles. The van der Waals surface area contributed by atoms with Gasteiger partial charge in [-0.25, -0.2) is 0 Å². The zero-order valence-corrected chi connectivity index (χ0v) is 11.7. The quantitative estimate of drug-likeness (QED) is 0.686. The Balaban J connectivity index is 2.40. The molecular weight excluding hydrogens is 218 g/mol. The number of terminal acetylenes is 1. The SMILES string of the molecule is C#CCCC(CCc1ccc(C)cc1)NCCC. The average Bonchev–Trinajstić information content (AvgIpc) is 2.40. The fourth-order valence-electron chi connectivity index (χ4n) is 2.05. The first-order valence-corrected chi connectivity index (χ1v) is 6.98. The Labute approximate surface area is 112 Å². The summed E-state index contributed by atoms with van der Waals surface area (Å²) in [6.45, 7) is 5.41. The Morgan fingerprint density at radius 2 is 1.94 bits per heavy atom. The van der Waals surface area contributed by atoms with Crippen LogP contribution in [0.5, 0.6) is 0 Å². The van der Waals surface area contributed by atoms with Crippen LogP contribution in [0.4, 0.5) is 0 Å². The van der Waals surface area contributed by atoms with Crippen molar-refractivity contribution in [2.75, 3.05) is 6.54 Å². The second-order valence-corrected chi connectivity index (χ2v) is 4.92. The maximum Gasteiger partial charge on any atom is 0.0101 e. The first-order valence-electron chi connectivity index (χ1n) is 6.98. The molecule has 1 heteroatoms. The third-order valence-corrected chi connectivity index (χ3v) is 3.22. The van der Waals surface area contributed by atoms with E-state index in [2.05, 4.69) is 49.4 Å². The van der Waals surface area contributed by atoms with Crippen LogP contribution < -0.4 is 5.32 Å². The molecule has 0 spiro atoms. The lowest BCUT2D eigenvalue weighted by atomic mass is 10.0. The van der Waals surface area contributed by atoms with Crippen LogP contribution in [0.1, 0.15) is 43.7 Å². The van der Waals surface area contributed by atoms with E-state index in [0.717, 1.165) is 25.8 Å². The molecule has 1 atom stereocenters. The van der Waals surface area contributed by atoms with E-state index in [4.69, 9.17) is 6.42 Å². The van der Waals surface area contributed by atoms with Gasteiger partial charge >= 0.3 is 0 Å². The van der Waals surface area contributed by atoms with Gasteiger partial charge in [0.25, 0.3) is 0 Å². The molecule has 1 aromatic rings. The van der Waals surface area contributed by atoms with E-state index in [1.807, 2.05) is 0 Å². The Bertz CT molecular complexity index is 358. The largest absolute Gasteiger partial charge is 0.314 e. The van der Waals surface area contributed by atoms with Gasteiger partial charge in [-0.15, -0.1) is 12.3 Å². The number of aryl methyl sites for hydroxylation is 2. The predicted molar refractivity (Wildman–Crippen MR) is 79.6 cm³/mol. The maximum absolute atomic E-state index is 5.35. The normalized spacial score (nSPS) is 12.1. The predicted octanol–water partition coefficient (Wildman–Crippen LogP) is 3.71. The van der Waals surface area contributed by atoms with Crippen molar-refractivity contribution in [2.24, 2.45) is 0 Å². The van der Waals surface area contributed by atoms with Crippen molar-refractivity contribution in [3.8, 4) is 12.3 Å². The fraction of sp³-hybridized carbons (Fsp3) is 0.529. The monoisotopic (exact) mass is 243 g/mol. The summed E-state index contributed by atoms with van der Waals surface area (Å²) in [5.74, 6) is 2.74. The minimum absolute atomic E-state index is 0.558. The molecule has 1 rings (SSSR count). The van der Waals surface area contributed by atoms with Crippen LogP contribution >= 0.6 is 0 Å². The molecule has 0 heterocycles. The van der Waals surface area contributed by atoms with Crippen LogP contribution in [-0.4, -0.2) is 12.6 Å². The smallest absolute Gasteiger partial charge is 0.0101 e. The Hall–Kier alpha value is -1.26. The van der Waals surface area contributed by atoms with Gasteiger partial charge in [0.15, 0.2) is 0 Å². The van der Waals surface area contributed by atoms with Crippen LogP contribution in [0.3, 0.4) is 0 Å². The molecule has 0 aromatic heterocycles. The Kier molecular flexibility index (Phi) is 7.22. The van der Waals surface area contributed by atoms with Gasteiger partial charge in [-0.1, -0.05) is 36.8 Å². The second kappa shape index (κ2) is 8.78. The number of benzene rings is 1. The van der Waals surface area contributed by atoms with Crippen molar-refractivity contribution in [1.82, 2.24) is 5.32 Å². The van der Waals surface area contributed by atoms with Gasteiger partial charge in [0.05, 0.1) is 0 Å². The molecule has 0 aliphatic carbocycles. The second-order valence-electron chi connectivity index (χ2n) is 4.92. The summed E-state index contributed by atoms with van der Waals surface area (Å²) in [6, 6.07) is 9.39. The van der Waals surface area contributed by atoms with E-state index in [1.54, 1.807) is 0 Å². The molecule has 1 aromatic carbocycles. The van der Waals surface area contributed by atoms with Crippen molar-refractivity contribution >= 4 is 0 Å². The van der Waals surface area contributed by atoms with Gasteiger partial charge < -0.3 is 5.32 Å². The summed E-state index contributed by atoms with van der Waals surface area (Å²) >= 11 is 0. The molecule has 0 radical (unpaired) electrons. The van der Waals surface area contributed by atoms with Gasteiger partial charge in [0.2, 0.25) is 0 Å². The lowest BCUT2D eigenvalue weighted by Crippen LogP contribution is -2.30. The van der Waals surface area contributed by atoms with Gasteiger partial charge in [-0.2, -0.15) is 0 Å². The molecule has 1 N–H and O–H groups in total. The molecule has 0 bridgehead atoms. The van der Waals surface area contributed by atoms with Gasteiger partial charge in [0.1, 0.15) is 0 Å². The molecule has 0 aliphatic rings. The molecule has 18 heavy (non-hydrogen) atoms. The van der Waals surface area contributed by atoms with Gasteiger partial charge in [0, 0.05) is 12.5 Å². The van der Waals surface area contributed by atoms with E-state index in [-0.39, 0.29) is 0 Å². The van der Waals surface area contributed by atoms with E-state index >= 15 is 0 Å². The summed E-state index contributed by atoms with van der Waals surface area (Å²) in [4.78, 5) is 0. The highest BCUT2D eigenvalue weighted by atomic mass is 14.9. The third-order valence-electron chi connectivity index (χ3n) is 3.22. The molecule has 1 nitrogen and oxygen atoms in total. The standard InChI is InChI=1S/C17H25N/c1-4-6-7-17(18-14-5-2)13-12-16-10-8-15(3)9-11-16/h1,8-11,17-18H,5-7,12-14H2,2-3H3. The molecule has 0 aliphatic heterocycles. The number of hydrogen-bond acceptors (Lipinski definition) is 1. The van der Waals surface area contributed by atoms with Crippen LogP contribution in [-0.2, 0) is 6.42 Å². The van der Waals surface area contributed by atoms with Gasteiger partial charge in [-0.3, -0.25) is 0 Å². The molecule has 0 amide bonds. The number of hydrogen-bond donors (Lipinski definition) is 1. The van der Waals surface area contributed by atoms with Crippen molar-refractivity contribution in [1.29, 1.82) is 0 Å². The molecule has 98 valence electrons. The summed E-state index contributed by atoms with van der Waals surface area (Å²) < 4.78 is 0. The van der Waals surface area contributed by atoms with Crippen molar-refractivity contribution in [3.05, 3.63) is 35.4 Å². The average molecular weight is 243 g/mol. The summed E-state index contributed by atoms with van der Waals surface area (Å²) in [7, 11) is 0. The van der Waals surface area contributed by atoms with E-state index in [1.165, 1.54) is 24.0 Å². The lowest BCUT2D eigenvalue weighted by molar-refractivity contribution is 0.458. The minimum Gasteiger partial charge on any atom is -0.314 e. The summed E-state index contributed by atoms with van der Waals surface area (Å²) in [5.41, 5.74) is 2.75. The first-order chi connectivity index (χ1) is 8.76. The topological polar surface area (TPSA) is 12.0 Å². The van der Waals surface area contributed by atoms with Crippen LogP contribution in [0.2, 0.25) is 0 Å². The number of nitrogens with one attached hydrogen (secondary N) is 1. The molecular formula is C17H25N. The third kappa shape index (κ3) is 5.89. The maximum atomic E-state index is 5.35. The molecule has 0 saturated heterocycles. The summed E-state index contributed by atoms with van der Waals surface area (Å²) in [5, 5.41) is 3.59. The van der Waals surface area contributed by atoms with E-state index in [0.29, 0.717) is 6.04 Å².